The Hall–Kier alpha value is -3.42. The number of rotatable bonds is 12. The lowest BCUT2D eigenvalue weighted by atomic mass is 10.0. The normalized spacial score (nSPS) is 12.5. The fourth-order valence-corrected chi connectivity index (χ4v) is 2.93. The van der Waals surface area contributed by atoms with Crippen molar-refractivity contribution in [1.29, 1.82) is 0 Å². The second-order valence-corrected chi connectivity index (χ2v) is 7.73. The van der Waals surface area contributed by atoms with Gasteiger partial charge in [-0.25, -0.2) is 9.18 Å². The summed E-state index contributed by atoms with van der Waals surface area (Å²) >= 11 is 0. The molecule has 0 spiro atoms. The maximum Gasteiger partial charge on any atom is 0.408 e. The summed E-state index contributed by atoms with van der Waals surface area (Å²) in [6.07, 6.45) is 0.454. The highest BCUT2D eigenvalue weighted by Crippen LogP contribution is 2.12. The van der Waals surface area contributed by atoms with Gasteiger partial charge in [0.25, 0.3) is 0 Å². The lowest BCUT2D eigenvalue weighted by molar-refractivity contribution is -0.126. The second kappa shape index (κ2) is 13.1. The highest BCUT2D eigenvalue weighted by atomic mass is 19.1. The molecule has 0 aliphatic heterocycles. The summed E-state index contributed by atoms with van der Waals surface area (Å²) in [6, 6.07) is 13.2. The van der Waals surface area contributed by atoms with Crippen molar-refractivity contribution in [3.05, 3.63) is 66.0 Å². The molecule has 2 aromatic rings. The second-order valence-electron chi connectivity index (χ2n) is 7.73. The number of hydrogen-bond acceptors (Lipinski definition) is 5. The fraction of sp³-hybridized carbons (Fsp3) is 0.375. The van der Waals surface area contributed by atoms with Gasteiger partial charge < -0.3 is 24.9 Å². The third kappa shape index (κ3) is 9.16. The summed E-state index contributed by atoms with van der Waals surface area (Å²) in [5.74, 6) is -0.463. The van der Waals surface area contributed by atoms with Gasteiger partial charge in [0.2, 0.25) is 5.91 Å². The molecular formula is C24H29FN2O5. The van der Waals surface area contributed by atoms with Crippen molar-refractivity contribution >= 4 is 18.3 Å². The van der Waals surface area contributed by atoms with Crippen LogP contribution < -0.4 is 15.4 Å². The van der Waals surface area contributed by atoms with Crippen molar-refractivity contribution in [3.63, 3.8) is 0 Å². The zero-order valence-corrected chi connectivity index (χ0v) is 18.3. The Bertz CT molecular complexity index is 876. The van der Waals surface area contributed by atoms with Crippen LogP contribution in [-0.4, -0.2) is 37.0 Å². The number of amides is 2. The Kier molecular flexibility index (Phi) is 10.2. The number of hydrogen-bond donors (Lipinski definition) is 2. The number of nitrogens with one attached hydrogen (secondary N) is 2. The molecule has 2 amide bonds. The molecule has 0 bridgehead atoms. The Morgan fingerprint density at radius 1 is 1.06 bits per heavy atom. The van der Waals surface area contributed by atoms with E-state index in [-0.39, 0.29) is 25.6 Å². The smallest absolute Gasteiger partial charge is 0.408 e. The van der Waals surface area contributed by atoms with Crippen molar-refractivity contribution in [2.24, 2.45) is 5.92 Å². The van der Waals surface area contributed by atoms with Gasteiger partial charge >= 0.3 is 6.09 Å². The van der Waals surface area contributed by atoms with Crippen LogP contribution >= 0.6 is 0 Å². The van der Waals surface area contributed by atoms with Crippen LogP contribution in [0.3, 0.4) is 0 Å². The molecule has 0 saturated carbocycles. The van der Waals surface area contributed by atoms with Gasteiger partial charge in [0.1, 0.15) is 30.5 Å². The molecule has 8 heteroatoms. The van der Waals surface area contributed by atoms with Crippen LogP contribution in [0.15, 0.2) is 54.6 Å². The first-order valence-electron chi connectivity index (χ1n) is 10.5. The molecule has 0 saturated heterocycles. The number of alkyl carbamates (subject to hydrolysis) is 1. The van der Waals surface area contributed by atoms with Gasteiger partial charge in [-0.3, -0.25) is 4.79 Å². The third-order valence-corrected chi connectivity index (χ3v) is 4.51. The van der Waals surface area contributed by atoms with E-state index in [4.69, 9.17) is 9.47 Å². The van der Waals surface area contributed by atoms with E-state index in [9.17, 15) is 18.8 Å². The predicted molar refractivity (Wildman–Crippen MR) is 118 cm³/mol. The standard InChI is InChI=1S/C24H29FN2O5/c1-17(2)13-22(27-24(30)32-16-18-7-4-3-5-8-18)23(29)26-20(15-28)11-12-31-21-10-6-9-19(25)14-21/h3-10,14-15,17,20,22H,11-13,16H2,1-2H3,(H,26,29)(H,27,30)/t20?,22-/m0/s1. The molecule has 0 fully saturated rings. The summed E-state index contributed by atoms with van der Waals surface area (Å²) in [6.45, 7) is 4.02. The van der Waals surface area contributed by atoms with E-state index in [0.717, 1.165) is 5.56 Å². The van der Waals surface area contributed by atoms with Crippen molar-refractivity contribution in [2.75, 3.05) is 6.61 Å². The Labute approximate surface area is 187 Å². The van der Waals surface area contributed by atoms with Gasteiger partial charge in [-0.05, 0) is 30.0 Å². The van der Waals surface area contributed by atoms with Crippen LogP contribution in [-0.2, 0) is 20.9 Å². The molecule has 2 atom stereocenters. The number of ether oxygens (including phenoxy) is 2. The third-order valence-electron chi connectivity index (χ3n) is 4.51. The maximum atomic E-state index is 13.2. The van der Waals surface area contributed by atoms with Crippen LogP contribution in [0.5, 0.6) is 5.75 Å². The molecule has 0 heterocycles. The molecule has 2 rings (SSSR count). The zero-order chi connectivity index (χ0) is 23.3. The van der Waals surface area contributed by atoms with Gasteiger partial charge in [-0.15, -0.1) is 0 Å². The van der Waals surface area contributed by atoms with Crippen molar-refractivity contribution in [3.8, 4) is 5.75 Å². The number of carbonyl (C=O) groups is 3. The summed E-state index contributed by atoms with van der Waals surface area (Å²) in [4.78, 5) is 36.3. The summed E-state index contributed by atoms with van der Waals surface area (Å²) in [5.41, 5.74) is 0.826. The van der Waals surface area contributed by atoms with Crippen LogP contribution in [0.4, 0.5) is 9.18 Å². The highest BCUT2D eigenvalue weighted by Gasteiger charge is 2.24. The van der Waals surface area contributed by atoms with E-state index >= 15 is 0 Å². The Morgan fingerprint density at radius 3 is 2.47 bits per heavy atom. The van der Waals surface area contributed by atoms with E-state index in [0.29, 0.717) is 18.5 Å². The van der Waals surface area contributed by atoms with E-state index in [1.54, 1.807) is 6.07 Å². The summed E-state index contributed by atoms with van der Waals surface area (Å²) < 4.78 is 23.8. The van der Waals surface area contributed by atoms with Crippen LogP contribution in [0.1, 0.15) is 32.3 Å². The first-order chi connectivity index (χ1) is 15.4. The zero-order valence-electron chi connectivity index (χ0n) is 18.3. The van der Waals surface area contributed by atoms with Gasteiger partial charge in [0.05, 0.1) is 12.6 Å². The quantitative estimate of drug-likeness (QED) is 0.488. The molecule has 172 valence electrons. The lowest BCUT2D eigenvalue weighted by Crippen LogP contribution is -2.50. The minimum Gasteiger partial charge on any atom is -0.493 e. The highest BCUT2D eigenvalue weighted by molar-refractivity contribution is 5.87. The van der Waals surface area contributed by atoms with Crippen molar-refractivity contribution in [2.45, 2.75) is 45.4 Å². The number of halogens is 1. The average Bonchev–Trinajstić information content (AvgIpc) is 2.77. The van der Waals surface area contributed by atoms with E-state index in [1.807, 2.05) is 44.2 Å². The molecule has 0 aliphatic rings. The molecule has 0 aromatic heterocycles. The van der Waals surface area contributed by atoms with E-state index in [1.165, 1.54) is 18.2 Å². The molecule has 1 unspecified atom stereocenters. The number of carbonyl (C=O) groups excluding carboxylic acids is 3. The topological polar surface area (TPSA) is 93.7 Å². The lowest BCUT2D eigenvalue weighted by Gasteiger charge is -2.22. The van der Waals surface area contributed by atoms with Crippen molar-refractivity contribution < 1.29 is 28.2 Å². The monoisotopic (exact) mass is 444 g/mol. The van der Waals surface area contributed by atoms with Gasteiger partial charge in [-0.1, -0.05) is 50.2 Å². The molecule has 0 radical (unpaired) electrons. The first-order valence-corrected chi connectivity index (χ1v) is 10.5. The predicted octanol–water partition coefficient (Wildman–Crippen LogP) is 3.62. The summed E-state index contributed by atoms with van der Waals surface area (Å²) in [7, 11) is 0. The van der Waals surface area contributed by atoms with Gasteiger partial charge in [0.15, 0.2) is 0 Å². The molecule has 7 nitrogen and oxygen atoms in total. The molecule has 32 heavy (non-hydrogen) atoms. The average molecular weight is 445 g/mol. The largest absolute Gasteiger partial charge is 0.493 e. The SMILES string of the molecule is CC(C)C[C@H](NC(=O)OCc1ccccc1)C(=O)NC(C=O)CCOc1cccc(F)c1. The number of benzene rings is 2. The van der Waals surface area contributed by atoms with E-state index < -0.39 is 29.9 Å². The van der Waals surface area contributed by atoms with Crippen LogP contribution in [0, 0.1) is 11.7 Å². The minimum absolute atomic E-state index is 0.0804. The fourth-order valence-electron chi connectivity index (χ4n) is 2.93. The van der Waals surface area contributed by atoms with E-state index in [2.05, 4.69) is 10.6 Å². The minimum atomic E-state index is -0.857. The molecular weight excluding hydrogens is 415 g/mol. The Morgan fingerprint density at radius 2 is 1.81 bits per heavy atom. The first kappa shape index (κ1) is 24.8. The molecule has 0 aliphatic carbocycles. The van der Waals surface area contributed by atoms with Gasteiger partial charge in [-0.2, -0.15) is 0 Å². The summed E-state index contributed by atoms with van der Waals surface area (Å²) in [5, 5.41) is 5.19. The molecule has 2 N–H and O–H groups in total. The molecule has 2 aromatic carbocycles. The van der Waals surface area contributed by atoms with Gasteiger partial charge in [0, 0.05) is 12.5 Å². The number of aldehydes is 1. The van der Waals surface area contributed by atoms with Crippen LogP contribution in [0.25, 0.3) is 0 Å². The van der Waals surface area contributed by atoms with Crippen LogP contribution in [0.2, 0.25) is 0 Å². The Balaban J connectivity index is 1.85. The maximum absolute atomic E-state index is 13.2. The van der Waals surface area contributed by atoms with Crippen molar-refractivity contribution in [1.82, 2.24) is 10.6 Å².